The molecule has 2 heteroatoms. The van der Waals surface area contributed by atoms with Crippen molar-refractivity contribution >= 4 is 5.69 Å². The lowest BCUT2D eigenvalue weighted by Gasteiger charge is -2.19. The van der Waals surface area contributed by atoms with E-state index in [2.05, 4.69) is 0 Å². The summed E-state index contributed by atoms with van der Waals surface area (Å²) in [6.45, 7) is 0.746. The number of nitrogen functional groups attached to an aromatic ring is 1. The molecule has 2 N–H and O–H groups in total. The van der Waals surface area contributed by atoms with Gasteiger partial charge in [0.05, 0.1) is 0 Å². The van der Waals surface area contributed by atoms with E-state index in [0.717, 1.165) is 18.0 Å². The summed E-state index contributed by atoms with van der Waals surface area (Å²) >= 11 is 0. The van der Waals surface area contributed by atoms with Crippen molar-refractivity contribution in [2.45, 2.75) is 6.61 Å². The van der Waals surface area contributed by atoms with Crippen LogP contribution >= 0.6 is 0 Å². The largest absolute Gasteiger partial charge is 0.488 e. The maximum Gasteiger partial charge on any atom is 0.128 e. The van der Waals surface area contributed by atoms with E-state index in [9.17, 15) is 0 Å². The van der Waals surface area contributed by atoms with Crippen LogP contribution in [0.2, 0.25) is 0 Å². The topological polar surface area (TPSA) is 35.2 Å². The summed E-state index contributed by atoms with van der Waals surface area (Å²) in [5.74, 6) is 0.940. The van der Waals surface area contributed by atoms with Gasteiger partial charge in [0.1, 0.15) is 12.4 Å². The van der Waals surface area contributed by atoms with Gasteiger partial charge < -0.3 is 10.5 Å². The first-order chi connectivity index (χ1) is 4.36. The number of anilines is 1. The summed E-state index contributed by atoms with van der Waals surface area (Å²) in [7, 11) is 0. The van der Waals surface area contributed by atoms with Gasteiger partial charge in [-0.15, -0.1) is 0 Å². The first-order valence-corrected chi connectivity index (χ1v) is 2.87. The highest BCUT2D eigenvalue weighted by atomic mass is 16.5. The highest BCUT2D eigenvalue weighted by molar-refractivity contribution is 5.50. The van der Waals surface area contributed by atoms with Crippen molar-refractivity contribution in [3.63, 3.8) is 0 Å². The van der Waals surface area contributed by atoms with Crippen LogP contribution in [0.5, 0.6) is 5.75 Å². The molecule has 0 saturated carbocycles. The second-order valence-electron chi connectivity index (χ2n) is 2.16. The quantitative estimate of drug-likeness (QED) is 0.523. The molecule has 0 fully saturated rings. The van der Waals surface area contributed by atoms with Crippen molar-refractivity contribution in [3.05, 3.63) is 23.8 Å². The van der Waals surface area contributed by atoms with Gasteiger partial charge in [0.2, 0.25) is 0 Å². The van der Waals surface area contributed by atoms with Crippen LogP contribution in [0, 0.1) is 0 Å². The third-order valence-electron chi connectivity index (χ3n) is 1.47. The van der Waals surface area contributed by atoms with Gasteiger partial charge in [-0.3, -0.25) is 0 Å². The highest BCUT2D eigenvalue weighted by Gasteiger charge is 2.12. The number of hydrogen-bond acceptors (Lipinski definition) is 2. The van der Waals surface area contributed by atoms with E-state index in [1.807, 2.05) is 18.2 Å². The standard InChI is InChI=1S/C7H7NO/c8-6-2-1-5-4-9-7(5)3-6/h1-3H,4,8H2. The van der Waals surface area contributed by atoms with Gasteiger partial charge in [-0.05, 0) is 12.1 Å². The summed E-state index contributed by atoms with van der Waals surface area (Å²) in [6.07, 6.45) is 0. The second kappa shape index (κ2) is 1.41. The van der Waals surface area contributed by atoms with E-state index in [-0.39, 0.29) is 0 Å². The Hall–Kier alpha value is -1.18. The monoisotopic (exact) mass is 121 g/mol. The third-order valence-corrected chi connectivity index (χ3v) is 1.47. The molecule has 0 aromatic heterocycles. The Labute approximate surface area is 53.2 Å². The zero-order valence-electron chi connectivity index (χ0n) is 4.92. The van der Waals surface area contributed by atoms with Gasteiger partial charge in [0, 0.05) is 17.3 Å². The molecular weight excluding hydrogens is 114 g/mol. The van der Waals surface area contributed by atoms with Gasteiger partial charge in [-0.2, -0.15) is 0 Å². The Kier molecular flexibility index (Phi) is 0.730. The Balaban J connectivity index is 2.57. The first kappa shape index (κ1) is 4.68. The van der Waals surface area contributed by atoms with Crippen molar-refractivity contribution in [2.75, 3.05) is 5.73 Å². The lowest BCUT2D eigenvalue weighted by Crippen LogP contribution is -2.08. The molecule has 1 aromatic rings. The minimum absolute atomic E-state index is 0.746. The lowest BCUT2D eigenvalue weighted by molar-refractivity contribution is 0.243. The predicted molar refractivity (Wildman–Crippen MR) is 35.2 cm³/mol. The van der Waals surface area contributed by atoms with Crippen LogP contribution in [-0.2, 0) is 6.61 Å². The summed E-state index contributed by atoms with van der Waals surface area (Å²) in [4.78, 5) is 0. The number of benzene rings is 1. The maximum absolute atomic E-state index is 5.48. The molecule has 0 saturated heterocycles. The molecule has 0 bridgehead atoms. The van der Waals surface area contributed by atoms with E-state index >= 15 is 0 Å². The molecule has 46 valence electrons. The minimum atomic E-state index is 0.746. The zero-order valence-corrected chi connectivity index (χ0v) is 4.92. The van der Waals surface area contributed by atoms with Crippen LogP contribution in [0.25, 0.3) is 0 Å². The predicted octanol–water partition coefficient (Wildman–Crippen LogP) is 1.16. The fourth-order valence-electron chi connectivity index (χ4n) is 0.900. The van der Waals surface area contributed by atoms with E-state index < -0.39 is 0 Å². The third kappa shape index (κ3) is 0.560. The fraction of sp³-hybridized carbons (Fsp3) is 0.143. The summed E-state index contributed by atoms with van der Waals surface area (Å²) in [6, 6.07) is 5.73. The van der Waals surface area contributed by atoms with E-state index in [4.69, 9.17) is 10.5 Å². The molecule has 1 aromatic carbocycles. The Morgan fingerprint density at radius 1 is 1.44 bits per heavy atom. The molecule has 0 atom stereocenters. The number of ether oxygens (including phenoxy) is 1. The molecule has 0 spiro atoms. The SMILES string of the molecule is Nc1ccc2c(c1)OC2. The Bertz CT molecular complexity index is 245. The van der Waals surface area contributed by atoms with Crippen molar-refractivity contribution in [2.24, 2.45) is 0 Å². The van der Waals surface area contributed by atoms with E-state index in [1.165, 1.54) is 5.56 Å². The number of fused-ring (bicyclic) bond motifs is 1. The van der Waals surface area contributed by atoms with Crippen LogP contribution < -0.4 is 10.5 Å². The molecule has 2 rings (SSSR count). The fourth-order valence-corrected chi connectivity index (χ4v) is 0.900. The number of hydrogen-bond donors (Lipinski definition) is 1. The molecule has 1 aliphatic rings. The van der Waals surface area contributed by atoms with Gasteiger partial charge in [-0.25, -0.2) is 0 Å². The van der Waals surface area contributed by atoms with Crippen molar-refractivity contribution < 1.29 is 4.74 Å². The molecule has 1 aliphatic heterocycles. The van der Waals surface area contributed by atoms with Crippen LogP contribution in [0.1, 0.15) is 5.56 Å². The van der Waals surface area contributed by atoms with Gasteiger partial charge in [-0.1, -0.05) is 0 Å². The molecule has 0 unspecified atom stereocenters. The first-order valence-electron chi connectivity index (χ1n) is 2.87. The zero-order chi connectivity index (χ0) is 6.27. The van der Waals surface area contributed by atoms with Crippen LogP contribution in [0.4, 0.5) is 5.69 Å². The molecule has 2 nitrogen and oxygen atoms in total. The number of nitrogens with two attached hydrogens (primary N) is 1. The summed E-state index contributed by atoms with van der Waals surface area (Å²) in [5, 5.41) is 0. The summed E-state index contributed by atoms with van der Waals surface area (Å²) < 4.78 is 5.08. The average Bonchev–Trinajstić information content (AvgIpc) is 1.78. The Morgan fingerprint density at radius 2 is 2.33 bits per heavy atom. The normalized spacial score (nSPS) is 13.3. The van der Waals surface area contributed by atoms with E-state index in [0.29, 0.717) is 0 Å². The molecule has 9 heavy (non-hydrogen) atoms. The highest BCUT2D eigenvalue weighted by Crippen LogP contribution is 2.30. The Morgan fingerprint density at radius 3 is 2.78 bits per heavy atom. The molecule has 0 amide bonds. The van der Waals surface area contributed by atoms with E-state index in [1.54, 1.807) is 0 Å². The minimum Gasteiger partial charge on any atom is -0.488 e. The van der Waals surface area contributed by atoms with Gasteiger partial charge >= 0.3 is 0 Å². The van der Waals surface area contributed by atoms with Crippen LogP contribution in [-0.4, -0.2) is 0 Å². The number of rotatable bonds is 0. The van der Waals surface area contributed by atoms with Crippen molar-refractivity contribution in [3.8, 4) is 5.75 Å². The molecule has 1 heterocycles. The van der Waals surface area contributed by atoms with Gasteiger partial charge in [0.25, 0.3) is 0 Å². The van der Waals surface area contributed by atoms with Crippen LogP contribution in [0.3, 0.4) is 0 Å². The lowest BCUT2D eigenvalue weighted by atomic mass is 10.1. The molecular formula is C7H7NO. The van der Waals surface area contributed by atoms with Crippen molar-refractivity contribution in [1.29, 1.82) is 0 Å². The molecule has 0 radical (unpaired) electrons. The van der Waals surface area contributed by atoms with Gasteiger partial charge in [0.15, 0.2) is 0 Å². The second-order valence-corrected chi connectivity index (χ2v) is 2.16. The smallest absolute Gasteiger partial charge is 0.128 e. The summed E-state index contributed by atoms with van der Waals surface area (Å²) in [5.41, 5.74) is 7.51. The average molecular weight is 121 g/mol. The molecule has 0 aliphatic carbocycles. The van der Waals surface area contributed by atoms with Crippen molar-refractivity contribution in [1.82, 2.24) is 0 Å². The van der Waals surface area contributed by atoms with Crippen LogP contribution in [0.15, 0.2) is 18.2 Å². The maximum atomic E-state index is 5.48.